The van der Waals surface area contributed by atoms with Crippen molar-refractivity contribution in [2.24, 2.45) is 5.73 Å². The number of allylic oxidation sites excluding steroid dienone is 1. The predicted octanol–water partition coefficient (Wildman–Crippen LogP) is 3.78. The van der Waals surface area contributed by atoms with Crippen molar-refractivity contribution in [2.75, 3.05) is 16.3 Å². The first-order valence-electron chi connectivity index (χ1n) is 10.5. The lowest BCUT2D eigenvalue weighted by Crippen LogP contribution is -2.52. The van der Waals surface area contributed by atoms with Crippen LogP contribution in [-0.2, 0) is 15.0 Å². The number of nitrogens with zero attached hydrogens (tertiary/aromatic N) is 3. The number of amides is 1. The Morgan fingerprint density at radius 3 is 2.67 bits per heavy atom. The van der Waals surface area contributed by atoms with Gasteiger partial charge in [0.2, 0.25) is 5.91 Å². The third kappa shape index (κ3) is 2.68. The van der Waals surface area contributed by atoms with Crippen LogP contribution in [0.25, 0.3) is 0 Å². The van der Waals surface area contributed by atoms with E-state index < -0.39 is 11.3 Å². The Bertz CT molecular complexity index is 1380. The van der Waals surface area contributed by atoms with Crippen LogP contribution in [0.5, 0.6) is 0 Å². The highest BCUT2D eigenvalue weighted by Crippen LogP contribution is 2.56. The van der Waals surface area contributed by atoms with Gasteiger partial charge in [0, 0.05) is 39.7 Å². The smallest absolute Gasteiger partial charge is 0.248 e. The van der Waals surface area contributed by atoms with Crippen molar-refractivity contribution >= 4 is 34.7 Å². The zero-order valence-corrected chi connectivity index (χ0v) is 18.4. The van der Waals surface area contributed by atoms with E-state index in [-0.39, 0.29) is 30.1 Å². The van der Waals surface area contributed by atoms with Crippen LogP contribution >= 0.6 is 11.6 Å². The van der Waals surface area contributed by atoms with E-state index in [1.54, 1.807) is 47.4 Å². The predicted molar refractivity (Wildman–Crippen MR) is 126 cm³/mol. The summed E-state index contributed by atoms with van der Waals surface area (Å²) in [6, 6.07) is 16.4. The first kappa shape index (κ1) is 20.9. The van der Waals surface area contributed by atoms with Crippen LogP contribution in [0.4, 0.5) is 11.4 Å². The molecule has 6 nitrogen and oxygen atoms in total. The molecule has 2 heterocycles. The third-order valence-corrected chi connectivity index (χ3v) is 6.73. The fourth-order valence-electron chi connectivity index (χ4n) is 5.29. The summed E-state index contributed by atoms with van der Waals surface area (Å²) in [5.41, 5.74) is 7.74. The van der Waals surface area contributed by atoms with Crippen molar-refractivity contribution < 1.29 is 9.59 Å². The third-order valence-electron chi connectivity index (χ3n) is 6.49. The van der Waals surface area contributed by atoms with Gasteiger partial charge in [-0.05, 0) is 37.1 Å². The second-order valence-electron chi connectivity index (χ2n) is 8.15. The second-order valence-corrected chi connectivity index (χ2v) is 8.58. The maximum atomic E-state index is 14.1. The van der Waals surface area contributed by atoms with Crippen LogP contribution in [0.3, 0.4) is 0 Å². The molecule has 2 aliphatic heterocycles. The molecule has 2 N–H and O–H groups in total. The molecule has 3 aliphatic rings. The maximum absolute atomic E-state index is 14.1. The lowest BCUT2D eigenvalue weighted by Gasteiger charge is -2.43. The molecule has 1 atom stereocenters. The number of hydrogen-bond acceptors (Lipinski definition) is 5. The number of terminal acetylenes is 1. The fraction of sp³-hybridized carbons (Fsp3) is 0.192. The van der Waals surface area contributed by atoms with E-state index in [0.29, 0.717) is 46.1 Å². The molecule has 7 heteroatoms. The van der Waals surface area contributed by atoms with Gasteiger partial charge in [-0.3, -0.25) is 19.4 Å². The summed E-state index contributed by atoms with van der Waals surface area (Å²) in [5, 5.41) is 10.8. The quantitative estimate of drug-likeness (QED) is 0.697. The molecule has 0 unspecified atom stereocenters. The average Bonchev–Trinajstić information content (AvgIpc) is 3.04. The van der Waals surface area contributed by atoms with E-state index in [0.717, 1.165) is 0 Å². The molecule has 33 heavy (non-hydrogen) atoms. The fourth-order valence-corrected chi connectivity index (χ4v) is 5.47. The van der Waals surface area contributed by atoms with Gasteiger partial charge in [-0.15, -0.1) is 6.42 Å². The molecule has 1 spiro atoms. The van der Waals surface area contributed by atoms with Gasteiger partial charge in [0.05, 0.1) is 12.1 Å². The normalized spacial score (nSPS) is 21.8. The van der Waals surface area contributed by atoms with Crippen molar-refractivity contribution in [1.29, 1.82) is 5.26 Å². The summed E-state index contributed by atoms with van der Waals surface area (Å²) in [6.07, 6.45) is 6.99. The molecule has 0 fully saturated rings. The highest BCUT2D eigenvalue weighted by Gasteiger charge is 2.62. The van der Waals surface area contributed by atoms with E-state index in [2.05, 4.69) is 12.0 Å². The van der Waals surface area contributed by atoms with Crippen molar-refractivity contribution in [1.82, 2.24) is 0 Å². The van der Waals surface area contributed by atoms with Crippen molar-refractivity contribution in [3.05, 3.63) is 81.8 Å². The molecule has 0 saturated carbocycles. The molecule has 0 saturated heterocycles. The van der Waals surface area contributed by atoms with Gasteiger partial charge in [0.15, 0.2) is 5.78 Å². The molecule has 5 rings (SSSR count). The Kier molecular flexibility index (Phi) is 4.78. The van der Waals surface area contributed by atoms with Crippen molar-refractivity contribution in [2.45, 2.75) is 24.7 Å². The molecule has 1 aliphatic carbocycles. The Morgan fingerprint density at radius 1 is 1.15 bits per heavy atom. The summed E-state index contributed by atoms with van der Waals surface area (Å²) in [4.78, 5) is 30.8. The highest BCUT2D eigenvalue weighted by molar-refractivity contribution is 6.31. The Morgan fingerprint density at radius 2 is 1.94 bits per heavy atom. The molecule has 162 valence electrons. The van der Waals surface area contributed by atoms with E-state index in [9.17, 15) is 14.9 Å². The summed E-state index contributed by atoms with van der Waals surface area (Å²) in [6.45, 7) is 0.0189. The Labute approximate surface area is 196 Å². The number of para-hydroxylation sites is 1. The minimum absolute atomic E-state index is 0.0189. The van der Waals surface area contributed by atoms with Crippen LogP contribution in [0.15, 0.2) is 71.2 Å². The van der Waals surface area contributed by atoms with Gasteiger partial charge in [-0.2, -0.15) is 5.26 Å². The number of fused-ring (bicyclic) bond motifs is 3. The molecule has 2 aromatic rings. The Hall–Kier alpha value is -4.00. The van der Waals surface area contributed by atoms with E-state index in [1.807, 2.05) is 6.07 Å². The lowest BCUT2D eigenvalue weighted by molar-refractivity contribution is -0.124. The summed E-state index contributed by atoms with van der Waals surface area (Å²) in [7, 11) is 0. The number of hydrogen-bond donors (Lipinski definition) is 1. The number of halogens is 1. The maximum Gasteiger partial charge on any atom is 0.248 e. The standard InChI is InChI=1S/C26H19ClN4O2/c1-2-13-30-20-10-4-3-9-18(20)26(25(30)33)19(15-28)24(29)31(17-8-5-7-16(27)14-17)21-11-6-12-22(32)23(21)26/h1,3-5,7-10,14H,6,11-13,29H2/t26-/m0/s1. The number of carbonyl (C=O) groups is 2. The molecule has 0 bridgehead atoms. The zero-order valence-electron chi connectivity index (χ0n) is 17.6. The van der Waals surface area contributed by atoms with Crippen LogP contribution < -0.4 is 15.5 Å². The van der Waals surface area contributed by atoms with Gasteiger partial charge >= 0.3 is 0 Å². The van der Waals surface area contributed by atoms with E-state index in [4.69, 9.17) is 23.8 Å². The second kappa shape index (κ2) is 7.55. The number of ketones is 1. The zero-order chi connectivity index (χ0) is 23.3. The largest absolute Gasteiger partial charge is 0.384 e. The van der Waals surface area contributed by atoms with E-state index >= 15 is 0 Å². The first-order valence-corrected chi connectivity index (χ1v) is 10.9. The summed E-state index contributed by atoms with van der Waals surface area (Å²) < 4.78 is 0. The number of Topliss-reactive ketones (excluding diaryl/α,β-unsaturated/α-hetero) is 1. The average molecular weight is 455 g/mol. The van der Waals surface area contributed by atoms with Gasteiger partial charge in [0.25, 0.3) is 0 Å². The van der Waals surface area contributed by atoms with Gasteiger partial charge < -0.3 is 5.73 Å². The molecule has 1 amide bonds. The van der Waals surface area contributed by atoms with Gasteiger partial charge in [-0.1, -0.05) is 41.8 Å². The van der Waals surface area contributed by atoms with Crippen LogP contribution in [0.1, 0.15) is 24.8 Å². The van der Waals surface area contributed by atoms with Crippen LogP contribution in [0.2, 0.25) is 5.02 Å². The number of anilines is 2. The number of carbonyl (C=O) groups excluding carboxylic acids is 2. The number of rotatable bonds is 2. The van der Waals surface area contributed by atoms with Crippen molar-refractivity contribution in [3.8, 4) is 18.4 Å². The lowest BCUT2D eigenvalue weighted by atomic mass is 9.64. The number of nitrogens with two attached hydrogens (primary N) is 1. The molecular formula is C26H19ClN4O2. The monoisotopic (exact) mass is 454 g/mol. The van der Waals surface area contributed by atoms with Crippen LogP contribution in [0, 0.1) is 23.7 Å². The van der Waals surface area contributed by atoms with E-state index in [1.165, 1.54) is 4.90 Å². The molecule has 0 radical (unpaired) electrons. The molecule has 0 aromatic heterocycles. The topological polar surface area (TPSA) is 90.4 Å². The SMILES string of the molecule is C#CCN1C(=O)[C@]2(C(C#N)=C(N)N(c3cccc(Cl)c3)C3=C2C(=O)CCC3)c2ccccc21. The summed E-state index contributed by atoms with van der Waals surface area (Å²) >= 11 is 6.24. The minimum Gasteiger partial charge on any atom is -0.384 e. The van der Waals surface area contributed by atoms with Crippen LogP contribution in [-0.4, -0.2) is 18.2 Å². The number of benzene rings is 2. The summed E-state index contributed by atoms with van der Waals surface area (Å²) in [5.74, 6) is 2.04. The Balaban J connectivity index is 1.89. The minimum atomic E-state index is -1.62. The van der Waals surface area contributed by atoms with Gasteiger partial charge in [-0.25, -0.2) is 0 Å². The van der Waals surface area contributed by atoms with Crippen molar-refractivity contribution in [3.63, 3.8) is 0 Å². The highest BCUT2D eigenvalue weighted by atomic mass is 35.5. The van der Waals surface area contributed by atoms with Gasteiger partial charge in [0.1, 0.15) is 17.3 Å². The molecule has 2 aromatic carbocycles. The molecular weight excluding hydrogens is 436 g/mol. The first-order chi connectivity index (χ1) is 16.0. The number of nitriles is 1.